The fourth-order valence-corrected chi connectivity index (χ4v) is 3.98. The van der Waals surface area contributed by atoms with E-state index in [9.17, 15) is 0 Å². The number of hydrogen-bond donors (Lipinski definition) is 1. The highest BCUT2D eigenvalue weighted by Gasteiger charge is 2.21. The maximum Gasteiger partial charge on any atom is 0.219 e. The monoisotopic (exact) mass is 398 g/mol. The number of rotatable bonds is 5. The van der Waals surface area contributed by atoms with Gasteiger partial charge in [-0.2, -0.15) is 0 Å². The predicted molar refractivity (Wildman–Crippen MR) is 116 cm³/mol. The quantitative estimate of drug-likeness (QED) is 0.531. The average Bonchev–Trinajstić information content (AvgIpc) is 3.34. The predicted octanol–water partition coefficient (Wildman–Crippen LogP) is 4.57. The van der Waals surface area contributed by atoms with Gasteiger partial charge in [0.05, 0.1) is 12.6 Å². The second-order valence-corrected chi connectivity index (χ2v) is 7.35. The third-order valence-corrected chi connectivity index (χ3v) is 5.49. The molecule has 2 aromatic heterocycles. The molecule has 0 saturated carbocycles. The van der Waals surface area contributed by atoms with E-state index in [0.717, 1.165) is 41.5 Å². The van der Waals surface area contributed by atoms with Crippen LogP contribution in [0, 0.1) is 0 Å². The van der Waals surface area contributed by atoms with E-state index in [2.05, 4.69) is 32.4 Å². The zero-order valence-electron chi connectivity index (χ0n) is 16.7. The van der Waals surface area contributed by atoms with Gasteiger partial charge in [-0.25, -0.2) is 15.0 Å². The molecule has 0 aliphatic carbocycles. The first-order chi connectivity index (χ1) is 14.8. The summed E-state index contributed by atoms with van der Waals surface area (Å²) in [4.78, 5) is 13.0. The SMILES string of the molecule is COc1cc(-c2cc(C3CCNC3)c3ncncc3c2)ccc1Oc1ccccn1. The standard InChI is InChI=1S/C24H22N4O2/c1-29-22-12-16(5-6-21(22)30-23-4-2-3-8-27-23)18-10-19-14-26-15-28-24(19)20(11-18)17-7-9-25-13-17/h2-6,8,10-12,14-15,17,25H,7,9,13H2,1H3. The van der Waals surface area contributed by atoms with Crippen molar-refractivity contribution in [1.82, 2.24) is 20.3 Å². The lowest BCUT2D eigenvalue weighted by atomic mass is 9.92. The first-order valence-corrected chi connectivity index (χ1v) is 10.0. The van der Waals surface area contributed by atoms with Crippen LogP contribution < -0.4 is 14.8 Å². The number of hydrogen-bond acceptors (Lipinski definition) is 6. The van der Waals surface area contributed by atoms with Crippen molar-refractivity contribution in [3.63, 3.8) is 0 Å². The minimum atomic E-state index is 0.455. The van der Waals surface area contributed by atoms with E-state index in [1.165, 1.54) is 5.56 Å². The van der Waals surface area contributed by atoms with Gasteiger partial charge in [-0.1, -0.05) is 12.1 Å². The number of benzene rings is 2. The Morgan fingerprint density at radius 1 is 1.00 bits per heavy atom. The first kappa shape index (κ1) is 18.5. The third kappa shape index (κ3) is 3.57. The molecule has 1 aliphatic heterocycles. The molecule has 1 aliphatic rings. The largest absolute Gasteiger partial charge is 0.493 e. The number of methoxy groups -OCH3 is 1. The maximum atomic E-state index is 5.90. The Hall–Kier alpha value is -3.51. The summed E-state index contributed by atoms with van der Waals surface area (Å²) in [7, 11) is 1.65. The van der Waals surface area contributed by atoms with Gasteiger partial charge < -0.3 is 14.8 Å². The van der Waals surface area contributed by atoms with Gasteiger partial charge in [0.2, 0.25) is 5.88 Å². The molecular weight excluding hydrogens is 376 g/mol. The second-order valence-electron chi connectivity index (χ2n) is 7.35. The fourth-order valence-electron chi connectivity index (χ4n) is 3.98. The van der Waals surface area contributed by atoms with E-state index in [-0.39, 0.29) is 0 Å². The molecule has 1 unspecified atom stereocenters. The van der Waals surface area contributed by atoms with Crippen molar-refractivity contribution in [3.8, 4) is 28.5 Å². The molecule has 0 bridgehead atoms. The summed E-state index contributed by atoms with van der Waals surface area (Å²) in [6, 6.07) is 15.9. The molecular formula is C24H22N4O2. The number of fused-ring (bicyclic) bond motifs is 1. The molecule has 1 fully saturated rings. The van der Waals surface area contributed by atoms with E-state index in [0.29, 0.717) is 23.3 Å². The van der Waals surface area contributed by atoms with Gasteiger partial charge in [0, 0.05) is 30.4 Å². The molecule has 1 N–H and O–H groups in total. The summed E-state index contributed by atoms with van der Waals surface area (Å²) in [5.41, 5.74) is 4.47. The molecule has 0 radical (unpaired) electrons. The Kier molecular flexibility index (Phi) is 4.99. The van der Waals surface area contributed by atoms with Gasteiger partial charge in [-0.3, -0.25) is 0 Å². The van der Waals surface area contributed by atoms with Crippen molar-refractivity contribution < 1.29 is 9.47 Å². The molecule has 6 nitrogen and oxygen atoms in total. The fraction of sp³-hybridized carbons (Fsp3) is 0.208. The lowest BCUT2D eigenvalue weighted by Gasteiger charge is -2.15. The van der Waals surface area contributed by atoms with Gasteiger partial charge in [0.15, 0.2) is 11.5 Å². The van der Waals surface area contributed by atoms with Crippen LogP contribution >= 0.6 is 0 Å². The van der Waals surface area contributed by atoms with Crippen LogP contribution in [-0.4, -0.2) is 35.2 Å². The summed E-state index contributed by atoms with van der Waals surface area (Å²) < 4.78 is 11.5. The van der Waals surface area contributed by atoms with Crippen LogP contribution in [0.5, 0.6) is 17.4 Å². The number of ether oxygens (including phenoxy) is 2. The molecule has 4 aromatic rings. The molecule has 5 rings (SSSR count). The van der Waals surface area contributed by atoms with Crippen molar-refractivity contribution in [3.05, 3.63) is 72.8 Å². The summed E-state index contributed by atoms with van der Waals surface area (Å²) in [5, 5.41) is 4.50. The highest BCUT2D eigenvalue weighted by atomic mass is 16.5. The second kappa shape index (κ2) is 8.08. The van der Waals surface area contributed by atoms with Crippen LogP contribution in [0.15, 0.2) is 67.3 Å². The summed E-state index contributed by atoms with van der Waals surface area (Å²) in [5.74, 6) is 2.27. The van der Waals surface area contributed by atoms with Crippen LogP contribution in [0.4, 0.5) is 0 Å². The van der Waals surface area contributed by atoms with Crippen molar-refractivity contribution in [1.29, 1.82) is 0 Å². The van der Waals surface area contributed by atoms with E-state index in [4.69, 9.17) is 9.47 Å². The van der Waals surface area contributed by atoms with E-state index < -0.39 is 0 Å². The van der Waals surface area contributed by atoms with Crippen LogP contribution in [0.1, 0.15) is 17.9 Å². The van der Waals surface area contributed by atoms with Gasteiger partial charge in [-0.05, 0) is 65.9 Å². The van der Waals surface area contributed by atoms with E-state index >= 15 is 0 Å². The minimum absolute atomic E-state index is 0.455. The van der Waals surface area contributed by atoms with E-state index in [1.807, 2.05) is 42.6 Å². The zero-order valence-corrected chi connectivity index (χ0v) is 16.7. The van der Waals surface area contributed by atoms with Gasteiger partial charge in [-0.15, -0.1) is 0 Å². The first-order valence-electron chi connectivity index (χ1n) is 10.0. The minimum Gasteiger partial charge on any atom is -0.493 e. The molecule has 0 spiro atoms. The number of aromatic nitrogens is 3. The van der Waals surface area contributed by atoms with Crippen LogP contribution in [0.25, 0.3) is 22.0 Å². The summed E-state index contributed by atoms with van der Waals surface area (Å²) >= 11 is 0. The Bertz CT molecular complexity index is 1170. The molecule has 3 heterocycles. The highest BCUT2D eigenvalue weighted by molar-refractivity contribution is 5.87. The molecule has 0 amide bonds. The normalized spacial score (nSPS) is 16.0. The van der Waals surface area contributed by atoms with Crippen LogP contribution in [0.2, 0.25) is 0 Å². The topological polar surface area (TPSA) is 69.2 Å². The summed E-state index contributed by atoms with van der Waals surface area (Å²) in [6.07, 6.45) is 6.32. The molecule has 150 valence electrons. The molecule has 6 heteroatoms. The molecule has 2 aromatic carbocycles. The average molecular weight is 398 g/mol. The molecule has 1 saturated heterocycles. The Balaban J connectivity index is 1.56. The van der Waals surface area contributed by atoms with Crippen molar-refractivity contribution in [2.45, 2.75) is 12.3 Å². The van der Waals surface area contributed by atoms with Crippen molar-refractivity contribution in [2.24, 2.45) is 0 Å². The lowest BCUT2D eigenvalue weighted by Crippen LogP contribution is -2.08. The van der Waals surface area contributed by atoms with Crippen LogP contribution in [-0.2, 0) is 0 Å². The van der Waals surface area contributed by atoms with Gasteiger partial charge >= 0.3 is 0 Å². The Morgan fingerprint density at radius 2 is 1.97 bits per heavy atom. The molecule has 30 heavy (non-hydrogen) atoms. The highest BCUT2D eigenvalue weighted by Crippen LogP contribution is 2.37. The number of nitrogens with one attached hydrogen (secondary N) is 1. The Morgan fingerprint density at radius 3 is 2.77 bits per heavy atom. The lowest BCUT2D eigenvalue weighted by molar-refractivity contribution is 0.374. The molecule has 1 atom stereocenters. The number of pyridine rings is 1. The van der Waals surface area contributed by atoms with E-state index in [1.54, 1.807) is 19.6 Å². The third-order valence-electron chi connectivity index (χ3n) is 5.49. The maximum absolute atomic E-state index is 5.90. The summed E-state index contributed by atoms with van der Waals surface area (Å²) in [6.45, 7) is 2.01. The Labute approximate surface area is 174 Å². The smallest absolute Gasteiger partial charge is 0.219 e. The van der Waals surface area contributed by atoms with Crippen molar-refractivity contribution >= 4 is 10.9 Å². The van der Waals surface area contributed by atoms with Crippen LogP contribution in [0.3, 0.4) is 0 Å². The van der Waals surface area contributed by atoms with Gasteiger partial charge in [0.25, 0.3) is 0 Å². The zero-order chi connectivity index (χ0) is 20.3. The van der Waals surface area contributed by atoms with Crippen molar-refractivity contribution in [2.75, 3.05) is 20.2 Å². The van der Waals surface area contributed by atoms with Gasteiger partial charge in [0.1, 0.15) is 6.33 Å². The number of nitrogens with zero attached hydrogens (tertiary/aromatic N) is 3.